The van der Waals surface area contributed by atoms with Gasteiger partial charge in [-0.25, -0.2) is 10.2 Å². The summed E-state index contributed by atoms with van der Waals surface area (Å²) in [5.41, 5.74) is 3.22. The Bertz CT molecular complexity index is 1250. The number of nitro groups is 1. The van der Waals surface area contributed by atoms with Crippen molar-refractivity contribution in [1.82, 2.24) is 5.43 Å². The van der Waals surface area contributed by atoms with Gasteiger partial charge in [0.05, 0.1) is 27.8 Å². The van der Waals surface area contributed by atoms with E-state index in [1.165, 1.54) is 24.4 Å². The van der Waals surface area contributed by atoms with E-state index in [1.54, 1.807) is 55.5 Å². The third kappa shape index (κ3) is 7.37. The van der Waals surface area contributed by atoms with Gasteiger partial charge in [0.1, 0.15) is 5.75 Å². The maximum Gasteiger partial charge on any atom is 0.343 e. The van der Waals surface area contributed by atoms with Crippen molar-refractivity contribution in [1.29, 1.82) is 0 Å². The molecule has 0 saturated heterocycles. The van der Waals surface area contributed by atoms with E-state index in [1.807, 2.05) is 0 Å². The van der Waals surface area contributed by atoms with Crippen molar-refractivity contribution in [3.63, 3.8) is 0 Å². The predicted molar refractivity (Wildman–Crippen MR) is 131 cm³/mol. The lowest BCUT2D eigenvalue weighted by Crippen LogP contribution is -2.24. The molecule has 0 aliphatic heterocycles. The highest BCUT2D eigenvalue weighted by Crippen LogP contribution is 2.30. The Morgan fingerprint density at radius 1 is 1.03 bits per heavy atom. The molecular weight excluding hydrogens is 522 g/mol. The molecule has 0 heterocycles. The molecule has 10 nitrogen and oxygen atoms in total. The van der Waals surface area contributed by atoms with E-state index in [9.17, 15) is 19.7 Å². The highest BCUT2D eigenvalue weighted by molar-refractivity contribution is 9.10. The molecule has 3 aromatic carbocycles. The van der Waals surface area contributed by atoms with Gasteiger partial charge in [0.25, 0.3) is 11.6 Å². The highest BCUT2D eigenvalue weighted by atomic mass is 79.9. The summed E-state index contributed by atoms with van der Waals surface area (Å²) >= 11 is 3.17. The molecule has 3 aromatic rings. The zero-order chi connectivity index (χ0) is 25.2. The van der Waals surface area contributed by atoms with E-state index in [0.717, 1.165) is 0 Å². The van der Waals surface area contributed by atoms with Gasteiger partial charge in [-0.15, -0.1) is 0 Å². The number of amides is 1. The van der Waals surface area contributed by atoms with Gasteiger partial charge in [0.2, 0.25) is 0 Å². The van der Waals surface area contributed by atoms with Gasteiger partial charge in [-0.3, -0.25) is 14.9 Å². The first kappa shape index (κ1) is 25.4. The molecule has 11 heteroatoms. The van der Waals surface area contributed by atoms with Crippen molar-refractivity contribution < 1.29 is 28.7 Å². The van der Waals surface area contributed by atoms with Gasteiger partial charge in [-0.1, -0.05) is 18.2 Å². The molecule has 0 fully saturated rings. The number of ether oxygens (including phenoxy) is 3. The lowest BCUT2D eigenvalue weighted by Gasteiger charge is -2.11. The number of carbonyl (C=O) groups is 2. The van der Waals surface area contributed by atoms with Gasteiger partial charge in [0, 0.05) is 12.1 Å². The molecule has 0 bridgehead atoms. The molecule has 180 valence electrons. The van der Waals surface area contributed by atoms with Gasteiger partial charge < -0.3 is 14.2 Å². The summed E-state index contributed by atoms with van der Waals surface area (Å²) in [5.74, 6) is -0.177. The van der Waals surface area contributed by atoms with Crippen molar-refractivity contribution in [2.75, 3.05) is 13.2 Å². The number of rotatable bonds is 10. The van der Waals surface area contributed by atoms with Crippen LogP contribution in [0, 0.1) is 10.1 Å². The number of nitrogens with one attached hydrogen (secondary N) is 1. The van der Waals surface area contributed by atoms with Gasteiger partial charge in [-0.2, -0.15) is 5.10 Å². The second-order valence-electron chi connectivity index (χ2n) is 6.85. The molecule has 0 radical (unpaired) electrons. The summed E-state index contributed by atoms with van der Waals surface area (Å²) in [7, 11) is 0. The van der Waals surface area contributed by atoms with Crippen LogP contribution < -0.4 is 19.6 Å². The summed E-state index contributed by atoms with van der Waals surface area (Å²) < 4.78 is 16.7. The molecule has 1 amide bonds. The molecule has 0 aliphatic rings. The van der Waals surface area contributed by atoms with Crippen LogP contribution in [0.3, 0.4) is 0 Å². The van der Waals surface area contributed by atoms with Crippen LogP contribution in [0.25, 0.3) is 0 Å². The molecule has 35 heavy (non-hydrogen) atoms. The first-order chi connectivity index (χ1) is 16.9. The number of nitro benzene ring substituents is 1. The minimum atomic E-state index is -0.537. The molecule has 1 N–H and O–H groups in total. The smallest absolute Gasteiger partial charge is 0.343 e. The van der Waals surface area contributed by atoms with Crippen molar-refractivity contribution in [3.05, 3.63) is 92.4 Å². The van der Waals surface area contributed by atoms with Crippen molar-refractivity contribution in [2.45, 2.75) is 6.92 Å². The Kier molecular flexibility index (Phi) is 8.90. The SMILES string of the molecule is CCOc1cc(C=NNC(=O)COc2ccc([N+](=O)[O-])cc2Br)ccc1OC(=O)c1ccccc1. The van der Waals surface area contributed by atoms with Crippen LogP contribution in [0.2, 0.25) is 0 Å². The van der Waals surface area contributed by atoms with Gasteiger partial charge in [-0.05, 0) is 64.8 Å². The van der Waals surface area contributed by atoms with E-state index in [2.05, 4.69) is 26.5 Å². The van der Waals surface area contributed by atoms with Crippen LogP contribution in [0.5, 0.6) is 17.2 Å². The fourth-order valence-corrected chi connectivity index (χ4v) is 3.25. The lowest BCUT2D eigenvalue weighted by molar-refractivity contribution is -0.385. The molecule has 0 saturated carbocycles. The van der Waals surface area contributed by atoms with Crippen molar-refractivity contribution in [2.24, 2.45) is 5.10 Å². The number of carbonyl (C=O) groups excluding carboxylic acids is 2. The molecule has 0 aromatic heterocycles. The predicted octanol–water partition coefficient (Wildman–Crippen LogP) is 4.50. The fraction of sp³-hybridized carbons (Fsp3) is 0.125. The summed E-state index contributed by atoms with van der Waals surface area (Å²) in [6.07, 6.45) is 1.39. The zero-order valence-electron chi connectivity index (χ0n) is 18.5. The number of non-ortho nitro benzene ring substituents is 1. The number of hydrogen-bond acceptors (Lipinski definition) is 8. The van der Waals surface area contributed by atoms with Crippen LogP contribution >= 0.6 is 15.9 Å². The average molecular weight is 542 g/mol. The Morgan fingerprint density at radius 2 is 1.77 bits per heavy atom. The van der Waals surface area contributed by atoms with Crippen LogP contribution in [0.4, 0.5) is 5.69 Å². The van der Waals surface area contributed by atoms with Crippen LogP contribution in [-0.2, 0) is 4.79 Å². The van der Waals surface area contributed by atoms with E-state index < -0.39 is 16.8 Å². The molecule has 0 atom stereocenters. The van der Waals surface area contributed by atoms with Gasteiger partial charge >= 0.3 is 5.97 Å². The lowest BCUT2D eigenvalue weighted by atomic mass is 10.2. The highest BCUT2D eigenvalue weighted by Gasteiger charge is 2.13. The van der Waals surface area contributed by atoms with Gasteiger partial charge in [0.15, 0.2) is 18.1 Å². The Hall–Kier alpha value is -4.25. The minimum absolute atomic E-state index is 0.106. The number of benzene rings is 3. The standard InChI is InChI=1S/C24H20BrN3O7/c1-2-33-22-12-16(8-10-21(22)35-24(30)17-6-4-3-5-7-17)14-26-27-23(29)15-34-20-11-9-18(28(31)32)13-19(20)25/h3-14H,2,15H2,1H3,(H,27,29). The maximum atomic E-state index is 12.3. The number of hydrazone groups is 1. The molecule has 3 rings (SSSR count). The largest absolute Gasteiger partial charge is 0.490 e. The topological polar surface area (TPSA) is 129 Å². The van der Waals surface area contributed by atoms with Crippen molar-refractivity contribution in [3.8, 4) is 17.2 Å². The normalized spacial score (nSPS) is 10.6. The Morgan fingerprint density at radius 3 is 2.46 bits per heavy atom. The van der Waals surface area contributed by atoms with E-state index in [4.69, 9.17) is 14.2 Å². The van der Waals surface area contributed by atoms with Crippen LogP contribution in [-0.4, -0.2) is 36.2 Å². The van der Waals surface area contributed by atoms with Crippen LogP contribution in [0.15, 0.2) is 76.3 Å². The fourth-order valence-electron chi connectivity index (χ4n) is 2.77. The number of hydrogen-bond donors (Lipinski definition) is 1. The van der Waals surface area contributed by atoms with Crippen molar-refractivity contribution >= 4 is 39.7 Å². The first-order valence-electron chi connectivity index (χ1n) is 10.3. The second kappa shape index (κ2) is 12.3. The maximum absolute atomic E-state index is 12.3. The minimum Gasteiger partial charge on any atom is -0.490 e. The summed E-state index contributed by atoms with van der Waals surface area (Å²) in [4.78, 5) is 34.6. The van der Waals surface area contributed by atoms with E-state index >= 15 is 0 Å². The number of halogens is 1. The molecular formula is C24H20BrN3O7. The Labute approximate surface area is 208 Å². The van der Waals surface area contributed by atoms with E-state index in [0.29, 0.717) is 28.0 Å². The third-order valence-corrected chi connectivity index (χ3v) is 4.99. The molecule has 0 unspecified atom stereocenters. The van der Waals surface area contributed by atoms with Crippen LogP contribution in [0.1, 0.15) is 22.8 Å². The zero-order valence-corrected chi connectivity index (χ0v) is 20.1. The number of nitrogens with zero attached hydrogens (tertiary/aromatic N) is 2. The van der Waals surface area contributed by atoms with E-state index in [-0.39, 0.29) is 23.8 Å². The quantitative estimate of drug-likeness (QED) is 0.131. The monoisotopic (exact) mass is 541 g/mol. The summed E-state index contributed by atoms with van der Waals surface area (Å²) in [6.45, 7) is 1.79. The molecule has 0 aliphatic carbocycles. The molecule has 0 spiro atoms. The average Bonchev–Trinajstić information content (AvgIpc) is 2.85. The third-order valence-electron chi connectivity index (χ3n) is 4.37. The summed E-state index contributed by atoms with van der Waals surface area (Å²) in [5, 5.41) is 14.7. The second-order valence-corrected chi connectivity index (χ2v) is 7.70. The number of esters is 1. The first-order valence-corrected chi connectivity index (χ1v) is 11.1. The Balaban J connectivity index is 1.58. The summed E-state index contributed by atoms with van der Waals surface area (Å²) in [6, 6.07) is 17.4.